The molecule has 1 heterocycles. The molecule has 0 fully saturated rings. The minimum Gasteiger partial charge on any atom is -0.290 e. The maximum atomic E-state index is 12.8. The van der Waals surface area contributed by atoms with Crippen LogP contribution in [0.15, 0.2) is 47.3 Å². The first kappa shape index (κ1) is 20.5. The minimum atomic E-state index is -4.43. The van der Waals surface area contributed by atoms with Crippen LogP contribution in [0.3, 0.4) is 0 Å². The third-order valence-electron chi connectivity index (χ3n) is 4.70. The van der Waals surface area contributed by atoms with Gasteiger partial charge in [-0.1, -0.05) is 35.9 Å². The standard InChI is InChI=1S/C22H20F3N3O/c1-5-13(3)17-11-12(2)10-14(4)18(17)20-26-19(27-21(29)28-20)15-6-8-16(9-7-15)22(23,24)25/h5-11H,1-4H3,(H,26,27,28,29)/b13-5+. The molecule has 1 aromatic heterocycles. The number of nitrogens with zero attached hydrogens (tertiary/aromatic N) is 2. The van der Waals surface area contributed by atoms with Crippen molar-refractivity contribution in [2.24, 2.45) is 0 Å². The van der Waals surface area contributed by atoms with Crippen LogP contribution in [0.1, 0.15) is 36.1 Å². The molecular formula is C22H20F3N3O. The van der Waals surface area contributed by atoms with E-state index in [4.69, 9.17) is 0 Å². The predicted octanol–water partition coefficient (Wildman–Crippen LogP) is 5.56. The molecule has 2 aromatic carbocycles. The molecule has 0 radical (unpaired) electrons. The van der Waals surface area contributed by atoms with Crippen LogP contribution in [0, 0.1) is 13.8 Å². The second-order valence-electron chi connectivity index (χ2n) is 6.88. The Bertz CT molecular complexity index is 1140. The third kappa shape index (κ3) is 4.29. The fourth-order valence-electron chi connectivity index (χ4n) is 3.19. The highest BCUT2D eigenvalue weighted by atomic mass is 19.4. The van der Waals surface area contributed by atoms with Crippen molar-refractivity contribution in [1.29, 1.82) is 0 Å². The number of rotatable bonds is 3. The zero-order chi connectivity index (χ0) is 21.3. The van der Waals surface area contributed by atoms with Crippen LogP contribution in [-0.2, 0) is 6.18 Å². The first-order valence-corrected chi connectivity index (χ1v) is 9.01. The molecule has 3 aromatic rings. The number of benzene rings is 2. The fourth-order valence-corrected chi connectivity index (χ4v) is 3.19. The lowest BCUT2D eigenvalue weighted by atomic mass is 9.93. The van der Waals surface area contributed by atoms with Crippen LogP contribution < -0.4 is 5.69 Å². The molecular weight excluding hydrogens is 379 g/mol. The summed E-state index contributed by atoms with van der Waals surface area (Å²) in [6, 6.07) is 8.43. The summed E-state index contributed by atoms with van der Waals surface area (Å²) in [5, 5.41) is 0. The number of aromatic nitrogens is 3. The Kier molecular flexibility index (Phi) is 5.42. The lowest BCUT2D eigenvalue weighted by molar-refractivity contribution is -0.137. The number of aromatic amines is 1. The Hall–Kier alpha value is -3.22. The molecule has 0 aliphatic carbocycles. The molecule has 1 N–H and O–H groups in total. The number of hydrogen-bond donors (Lipinski definition) is 1. The molecule has 3 rings (SSSR count). The molecule has 0 saturated heterocycles. The van der Waals surface area contributed by atoms with Gasteiger partial charge in [0.05, 0.1) is 5.56 Å². The van der Waals surface area contributed by atoms with E-state index in [1.165, 1.54) is 12.1 Å². The van der Waals surface area contributed by atoms with Gasteiger partial charge in [-0.15, -0.1) is 0 Å². The van der Waals surface area contributed by atoms with Crippen LogP contribution in [0.5, 0.6) is 0 Å². The SMILES string of the molecule is C/C=C(\C)c1cc(C)cc(C)c1-c1nc(-c2ccc(C(F)(F)F)cc2)nc(=O)[nH]1. The van der Waals surface area contributed by atoms with Gasteiger partial charge in [-0.25, -0.2) is 9.78 Å². The average molecular weight is 399 g/mol. The van der Waals surface area contributed by atoms with Gasteiger partial charge in [-0.3, -0.25) is 4.98 Å². The number of halogens is 3. The summed E-state index contributed by atoms with van der Waals surface area (Å²) in [6.45, 7) is 7.80. The Morgan fingerprint density at radius 1 is 1.07 bits per heavy atom. The largest absolute Gasteiger partial charge is 0.416 e. The molecule has 0 aliphatic heterocycles. The van der Waals surface area contributed by atoms with E-state index in [-0.39, 0.29) is 5.82 Å². The normalized spacial score (nSPS) is 12.3. The molecule has 7 heteroatoms. The van der Waals surface area contributed by atoms with Crippen molar-refractivity contribution >= 4 is 5.57 Å². The summed E-state index contributed by atoms with van der Waals surface area (Å²) in [5.74, 6) is 0.398. The van der Waals surface area contributed by atoms with Gasteiger partial charge in [0, 0.05) is 11.1 Å². The molecule has 0 bridgehead atoms. The number of aryl methyl sites for hydroxylation is 2. The topological polar surface area (TPSA) is 58.6 Å². The Balaban J connectivity index is 2.18. The van der Waals surface area contributed by atoms with Gasteiger partial charge in [-0.05, 0) is 56.5 Å². The molecule has 29 heavy (non-hydrogen) atoms. The van der Waals surface area contributed by atoms with E-state index in [0.717, 1.165) is 40.0 Å². The van der Waals surface area contributed by atoms with E-state index >= 15 is 0 Å². The second kappa shape index (κ2) is 7.66. The second-order valence-corrected chi connectivity index (χ2v) is 6.88. The van der Waals surface area contributed by atoms with Crippen LogP contribution in [0.2, 0.25) is 0 Å². The monoisotopic (exact) mass is 399 g/mol. The van der Waals surface area contributed by atoms with E-state index in [0.29, 0.717) is 11.4 Å². The summed E-state index contributed by atoms with van der Waals surface area (Å²) in [7, 11) is 0. The van der Waals surface area contributed by atoms with Crippen LogP contribution in [-0.4, -0.2) is 15.0 Å². The highest BCUT2D eigenvalue weighted by molar-refractivity contribution is 5.80. The quantitative estimate of drug-likeness (QED) is 0.627. The number of allylic oxidation sites excluding steroid dienone is 2. The molecule has 150 valence electrons. The third-order valence-corrected chi connectivity index (χ3v) is 4.70. The van der Waals surface area contributed by atoms with E-state index in [1.807, 2.05) is 45.9 Å². The van der Waals surface area contributed by atoms with Gasteiger partial charge in [0.1, 0.15) is 5.82 Å². The van der Waals surface area contributed by atoms with E-state index < -0.39 is 17.4 Å². The number of alkyl halides is 3. The molecule has 0 atom stereocenters. The maximum Gasteiger partial charge on any atom is 0.416 e. The highest BCUT2D eigenvalue weighted by Crippen LogP contribution is 2.32. The smallest absolute Gasteiger partial charge is 0.290 e. The average Bonchev–Trinajstić information content (AvgIpc) is 2.65. The summed E-state index contributed by atoms with van der Waals surface area (Å²) >= 11 is 0. The van der Waals surface area contributed by atoms with E-state index in [2.05, 4.69) is 15.0 Å². The maximum absolute atomic E-state index is 12.8. The van der Waals surface area contributed by atoms with Gasteiger partial charge in [-0.2, -0.15) is 18.2 Å². The van der Waals surface area contributed by atoms with Crippen molar-refractivity contribution in [3.8, 4) is 22.8 Å². The van der Waals surface area contributed by atoms with E-state index in [9.17, 15) is 18.0 Å². The summed E-state index contributed by atoms with van der Waals surface area (Å²) in [4.78, 5) is 23.2. The zero-order valence-electron chi connectivity index (χ0n) is 16.5. The zero-order valence-corrected chi connectivity index (χ0v) is 16.5. The number of nitrogens with one attached hydrogen (secondary N) is 1. The van der Waals surface area contributed by atoms with Crippen LogP contribution in [0.4, 0.5) is 13.2 Å². The van der Waals surface area contributed by atoms with Gasteiger partial charge in [0.15, 0.2) is 5.82 Å². The van der Waals surface area contributed by atoms with Crippen LogP contribution in [0.25, 0.3) is 28.3 Å². The van der Waals surface area contributed by atoms with Gasteiger partial charge in [0.2, 0.25) is 0 Å². The number of hydrogen-bond acceptors (Lipinski definition) is 3. The van der Waals surface area contributed by atoms with Gasteiger partial charge >= 0.3 is 11.9 Å². The first-order chi connectivity index (χ1) is 13.6. The lowest BCUT2D eigenvalue weighted by Crippen LogP contribution is -2.15. The highest BCUT2D eigenvalue weighted by Gasteiger charge is 2.30. The van der Waals surface area contributed by atoms with Gasteiger partial charge < -0.3 is 0 Å². The molecule has 0 spiro atoms. The summed E-state index contributed by atoms with van der Waals surface area (Å²) < 4.78 is 38.4. The lowest BCUT2D eigenvalue weighted by Gasteiger charge is -2.15. The fraction of sp³-hybridized carbons (Fsp3) is 0.227. The predicted molar refractivity (Wildman–Crippen MR) is 107 cm³/mol. The Labute approximate surface area is 166 Å². The van der Waals surface area contributed by atoms with E-state index in [1.54, 1.807) is 0 Å². The summed E-state index contributed by atoms with van der Waals surface area (Å²) in [5.41, 5.74) is 3.65. The van der Waals surface area contributed by atoms with Crippen molar-refractivity contribution in [1.82, 2.24) is 15.0 Å². The Morgan fingerprint density at radius 2 is 1.72 bits per heavy atom. The minimum absolute atomic E-state index is 0.0709. The molecule has 0 aliphatic rings. The van der Waals surface area contributed by atoms with Crippen molar-refractivity contribution in [3.63, 3.8) is 0 Å². The van der Waals surface area contributed by atoms with Crippen molar-refractivity contribution in [2.45, 2.75) is 33.9 Å². The molecule has 0 unspecified atom stereocenters. The molecule has 0 amide bonds. The van der Waals surface area contributed by atoms with Crippen LogP contribution >= 0.6 is 0 Å². The molecule has 4 nitrogen and oxygen atoms in total. The number of H-pyrrole nitrogens is 1. The first-order valence-electron chi connectivity index (χ1n) is 9.01. The molecule has 0 saturated carbocycles. The Morgan fingerprint density at radius 3 is 2.31 bits per heavy atom. The van der Waals surface area contributed by atoms with Gasteiger partial charge in [0.25, 0.3) is 0 Å². The summed E-state index contributed by atoms with van der Waals surface area (Å²) in [6.07, 6.45) is -2.47. The van der Waals surface area contributed by atoms with Crippen molar-refractivity contribution in [3.05, 3.63) is 75.2 Å². The van der Waals surface area contributed by atoms with Crippen molar-refractivity contribution < 1.29 is 13.2 Å². The van der Waals surface area contributed by atoms with Crippen molar-refractivity contribution in [2.75, 3.05) is 0 Å².